The highest BCUT2D eigenvalue weighted by atomic mass is 35.5. The van der Waals surface area contributed by atoms with Gasteiger partial charge < -0.3 is 10.1 Å². The molecule has 0 radical (unpaired) electrons. The van der Waals surface area contributed by atoms with Crippen LogP contribution in [0.4, 0.5) is 11.4 Å². The Morgan fingerprint density at radius 2 is 1.88 bits per heavy atom. The number of carbonyl (C=O) groups excluding carboxylic acids is 3. The van der Waals surface area contributed by atoms with Gasteiger partial charge in [0.15, 0.2) is 6.61 Å². The molecule has 2 aromatic carbocycles. The van der Waals surface area contributed by atoms with Crippen LogP contribution in [0.2, 0.25) is 5.15 Å². The van der Waals surface area contributed by atoms with Crippen LogP contribution in [0.5, 0.6) is 0 Å². The van der Waals surface area contributed by atoms with E-state index in [1.165, 1.54) is 4.90 Å². The first kappa shape index (κ1) is 20.5. The van der Waals surface area contributed by atoms with E-state index >= 15 is 0 Å². The molecular weight excluding hydrogens is 430 g/mol. The molecule has 1 spiro atoms. The first-order chi connectivity index (χ1) is 15.5. The Balaban J connectivity index is 1.38. The summed E-state index contributed by atoms with van der Waals surface area (Å²) in [5, 5.41) is 4.04. The number of hydrogen-bond donors (Lipinski definition) is 1. The largest absolute Gasteiger partial charge is 0.452 e. The molecule has 1 aliphatic heterocycles. The molecule has 162 valence electrons. The minimum absolute atomic E-state index is 0.186. The molecule has 1 N–H and O–H groups in total. The van der Waals surface area contributed by atoms with E-state index in [2.05, 4.69) is 10.3 Å². The second-order valence-corrected chi connectivity index (χ2v) is 8.44. The third kappa shape index (κ3) is 3.39. The summed E-state index contributed by atoms with van der Waals surface area (Å²) < 4.78 is 5.36. The lowest BCUT2D eigenvalue weighted by atomic mass is 9.90. The molecule has 7 nitrogen and oxygen atoms in total. The van der Waals surface area contributed by atoms with Crippen molar-refractivity contribution in [2.45, 2.75) is 31.2 Å². The van der Waals surface area contributed by atoms with E-state index < -0.39 is 24.0 Å². The van der Waals surface area contributed by atoms with E-state index in [0.717, 1.165) is 18.2 Å². The highest BCUT2D eigenvalue weighted by molar-refractivity contribution is 6.29. The zero-order valence-electron chi connectivity index (χ0n) is 17.1. The Kier molecular flexibility index (Phi) is 5.06. The van der Waals surface area contributed by atoms with Crippen LogP contribution in [0.1, 0.15) is 36.0 Å². The number of pyridine rings is 1. The summed E-state index contributed by atoms with van der Waals surface area (Å²) in [4.78, 5) is 44.7. The number of hydrogen-bond acceptors (Lipinski definition) is 5. The number of fused-ring (bicyclic) bond motifs is 2. The van der Waals surface area contributed by atoms with Crippen molar-refractivity contribution in [1.82, 2.24) is 4.98 Å². The number of aromatic nitrogens is 1. The SMILES string of the molecule is O=C(OCC(=O)N1c2ccccc2NC(=O)C12CCCC2)c1ccc2nc(Cl)ccc2c1. The molecule has 0 atom stereocenters. The van der Waals surface area contributed by atoms with E-state index in [0.29, 0.717) is 40.4 Å². The van der Waals surface area contributed by atoms with Crippen molar-refractivity contribution in [3.8, 4) is 0 Å². The molecule has 2 heterocycles. The molecule has 32 heavy (non-hydrogen) atoms. The fourth-order valence-electron chi connectivity index (χ4n) is 4.63. The molecule has 0 unspecified atom stereocenters. The van der Waals surface area contributed by atoms with Crippen LogP contribution in [0.15, 0.2) is 54.6 Å². The molecule has 2 aliphatic rings. The number of esters is 1. The van der Waals surface area contributed by atoms with E-state index in [-0.39, 0.29) is 5.91 Å². The lowest BCUT2D eigenvalue weighted by Crippen LogP contribution is -2.61. The van der Waals surface area contributed by atoms with Gasteiger partial charge in [-0.25, -0.2) is 9.78 Å². The number of benzene rings is 2. The van der Waals surface area contributed by atoms with Crippen LogP contribution in [-0.2, 0) is 14.3 Å². The van der Waals surface area contributed by atoms with Crippen molar-refractivity contribution >= 4 is 51.7 Å². The molecule has 5 rings (SSSR count). The number of carbonyl (C=O) groups is 3. The molecule has 1 aromatic heterocycles. The van der Waals surface area contributed by atoms with E-state index in [1.54, 1.807) is 48.5 Å². The molecular formula is C24H20ClN3O4. The molecule has 1 fully saturated rings. The average molecular weight is 450 g/mol. The second kappa shape index (κ2) is 7.91. The van der Waals surface area contributed by atoms with Crippen LogP contribution < -0.4 is 10.2 Å². The average Bonchev–Trinajstić information content (AvgIpc) is 3.28. The van der Waals surface area contributed by atoms with Crippen LogP contribution in [0, 0.1) is 0 Å². The Bertz CT molecular complexity index is 1250. The Morgan fingerprint density at radius 1 is 1.09 bits per heavy atom. The van der Waals surface area contributed by atoms with Crippen LogP contribution >= 0.6 is 11.6 Å². The van der Waals surface area contributed by atoms with Gasteiger partial charge in [-0.05, 0) is 55.3 Å². The van der Waals surface area contributed by atoms with Crippen LogP contribution in [0.3, 0.4) is 0 Å². The standard InChI is InChI=1S/C24H20ClN3O4/c25-20-10-8-15-13-16(7-9-17(15)26-20)22(30)32-14-21(29)28-19-6-2-1-5-18(19)27-23(31)24(28)11-3-4-12-24/h1-2,5-10,13H,3-4,11-12,14H2,(H,27,31). The van der Waals surface area contributed by atoms with Gasteiger partial charge >= 0.3 is 5.97 Å². The monoisotopic (exact) mass is 449 g/mol. The number of rotatable bonds is 3. The number of amides is 2. The number of halogens is 1. The van der Waals surface area contributed by atoms with E-state index in [9.17, 15) is 14.4 Å². The fraction of sp³-hybridized carbons (Fsp3) is 0.250. The summed E-state index contributed by atoms with van der Waals surface area (Å²) >= 11 is 5.90. The molecule has 1 saturated carbocycles. The summed E-state index contributed by atoms with van der Waals surface area (Å²) in [7, 11) is 0. The normalized spacial score (nSPS) is 16.7. The van der Waals surface area contributed by atoms with E-state index in [1.807, 2.05) is 6.07 Å². The lowest BCUT2D eigenvalue weighted by molar-refractivity contribution is -0.129. The van der Waals surface area contributed by atoms with Gasteiger partial charge in [-0.1, -0.05) is 36.6 Å². The number of nitrogens with one attached hydrogen (secondary N) is 1. The smallest absolute Gasteiger partial charge is 0.338 e. The van der Waals surface area contributed by atoms with Crippen molar-refractivity contribution in [2.75, 3.05) is 16.8 Å². The number of anilines is 2. The maximum absolute atomic E-state index is 13.3. The highest BCUT2D eigenvalue weighted by Crippen LogP contribution is 2.45. The zero-order valence-corrected chi connectivity index (χ0v) is 17.9. The minimum Gasteiger partial charge on any atom is -0.452 e. The molecule has 3 aromatic rings. The first-order valence-corrected chi connectivity index (χ1v) is 10.8. The van der Waals surface area contributed by atoms with Gasteiger partial charge in [-0.15, -0.1) is 0 Å². The minimum atomic E-state index is -0.939. The van der Waals surface area contributed by atoms with E-state index in [4.69, 9.17) is 16.3 Å². The second-order valence-electron chi connectivity index (χ2n) is 8.06. The number of para-hydroxylation sites is 2. The van der Waals surface area contributed by atoms with Gasteiger partial charge in [0, 0.05) is 5.39 Å². The molecule has 0 saturated heterocycles. The Labute approximate surface area is 189 Å². The van der Waals surface area contributed by atoms with Crippen molar-refractivity contribution < 1.29 is 19.1 Å². The molecule has 0 bridgehead atoms. The van der Waals surface area contributed by atoms with Gasteiger partial charge in [-0.2, -0.15) is 0 Å². The fourth-order valence-corrected chi connectivity index (χ4v) is 4.79. The van der Waals surface area contributed by atoms with Gasteiger partial charge in [-0.3, -0.25) is 14.5 Å². The predicted octanol–water partition coefficient (Wildman–Crippen LogP) is 4.34. The third-order valence-corrected chi connectivity index (χ3v) is 6.35. The third-order valence-electron chi connectivity index (χ3n) is 6.14. The molecule has 1 aliphatic carbocycles. The zero-order chi connectivity index (χ0) is 22.3. The van der Waals surface area contributed by atoms with Gasteiger partial charge in [0.25, 0.3) is 11.8 Å². The van der Waals surface area contributed by atoms with Gasteiger partial charge in [0.2, 0.25) is 0 Å². The van der Waals surface area contributed by atoms with Gasteiger partial charge in [0.05, 0.1) is 22.5 Å². The maximum atomic E-state index is 13.3. The Hall–Kier alpha value is -3.45. The summed E-state index contributed by atoms with van der Waals surface area (Å²) in [6.07, 6.45) is 2.86. The highest BCUT2D eigenvalue weighted by Gasteiger charge is 2.52. The van der Waals surface area contributed by atoms with Gasteiger partial charge in [0.1, 0.15) is 10.7 Å². The quantitative estimate of drug-likeness (QED) is 0.474. The predicted molar refractivity (Wildman–Crippen MR) is 121 cm³/mol. The summed E-state index contributed by atoms with van der Waals surface area (Å²) in [6.45, 7) is -0.459. The molecule has 2 amide bonds. The molecule has 8 heteroatoms. The number of nitrogens with zero attached hydrogens (tertiary/aromatic N) is 2. The van der Waals surface area contributed by atoms with Crippen molar-refractivity contribution in [3.05, 3.63) is 65.3 Å². The summed E-state index contributed by atoms with van der Waals surface area (Å²) in [5.41, 5.74) is 1.23. The van der Waals surface area contributed by atoms with Crippen molar-refractivity contribution in [3.63, 3.8) is 0 Å². The van der Waals surface area contributed by atoms with Crippen LogP contribution in [-0.4, -0.2) is 34.9 Å². The lowest BCUT2D eigenvalue weighted by Gasteiger charge is -2.44. The Morgan fingerprint density at radius 3 is 2.69 bits per heavy atom. The van der Waals surface area contributed by atoms with Crippen molar-refractivity contribution in [2.24, 2.45) is 0 Å². The summed E-state index contributed by atoms with van der Waals surface area (Å²) in [5.74, 6) is -1.23. The number of ether oxygens (including phenoxy) is 1. The first-order valence-electron chi connectivity index (χ1n) is 10.4. The van der Waals surface area contributed by atoms with Crippen LogP contribution in [0.25, 0.3) is 10.9 Å². The van der Waals surface area contributed by atoms with Crippen molar-refractivity contribution in [1.29, 1.82) is 0 Å². The summed E-state index contributed by atoms with van der Waals surface area (Å²) in [6, 6.07) is 15.5. The maximum Gasteiger partial charge on any atom is 0.338 e. The topological polar surface area (TPSA) is 88.6 Å².